The Morgan fingerprint density at radius 3 is 1.03 bits per heavy atom. The minimum Gasteiger partial charge on any atom is -0.275 e. The fourth-order valence-corrected chi connectivity index (χ4v) is 10.2. The summed E-state index contributed by atoms with van der Waals surface area (Å²) in [6.07, 6.45) is 0. The standard InChI is InChI=1S/C32H38N2P2S/c1-5-33(6-2)35(27-15-11-9-12-16-27)29-19-23-31(24-20-29)37-32-25-21-30(22-26-32)36(34(7-3)8-4)28-17-13-10-14-18-28/h9-26H,5-8H2,1-4H3. The zero-order valence-electron chi connectivity index (χ0n) is 22.4. The van der Waals surface area contributed by atoms with Crippen molar-refractivity contribution in [3.63, 3.8) is 0 Å². The van der Waals surface area contributed by atoms with Crippen molar-refractivity contribution >= 4 is 49.1 Å². The van der Waals surface area contributed by atoms with E-state index in [0.29, 0.717) is 0 Å². The van der Waals surface area contributed by atoms with E-state index in [9.17, 15) is 0 Å². The van der Waals surface area contributed by atoms with Crippen molar-refractivity contribution in [1.82, 2.24) is 9.34 Å². The molecule has 0 aliphatic heterocycles. The Hall–Kier alpha value is -1.99. The minimum absolute atomic E-state index is 0.508. The molecule has 4 aromatic rings. The molecule has 0 spiro atoms. The molecule has 0 heterocycles. The molecular formula is C32H38N2P2S. The zero-order valence-corrected chi connectivity index (χ0v) is 25.0. The van der Waals surface area contributed by atoms with Gasteiger partial charge in [-0.2, -0.15) is 0 Å². The van der Waals surface area contributed by atoms with Crippen LogP contribution in [0.15, 0.2) is 119 Å². The number of nitrogens with zero attached hydrogens (tertiary/aromatic N) is 2. The molecule has 0 radical (unpaired) electrons. The van der Waals surface area contributed by atoms with E-state index in [2.05, 4.69) is 146 Å². The van der Waals surface area contributed by atoms with Crippen LogP contribution in [0.4, 0.5) is 0 Å². The van der Waals surface area contributed by atoms with Gasteiger partial charge >= 0.3 is 0 Å². The largest absolute Gasteiger partial charge is 0.275 e. The first-order chi connectivity index (χ1) is 18.2. The quantitative estimate of drug-likeness (QED) is 0.174. The maximum absolute atomic E-state index is 2.59. The fraction of sp³-hybridized carbons (Fsp3) is 0.250. The molecule has 0 aromatic heterocycles. The first-order valence-corrected chi connectivity index (χ1v) is 16.7. The van der Waals surface area contributed by atoms with Crippen LogP contribution in [-0.2, 0) is 0 Å². The van der Waals surface area contributed by atoms with E-state index in [1.807, 2.05) is 11.8 Å². The Bertz CT molecular complexity index is 1100. The Morgan fingerprint density at radius 2 is 0.730 bits per heavy atom. The van der Waals surface area contributed by atoms with Crippen molar-refractivity contribution < 1.29 is 0 Å². The normalized spacial score (nSPS) is 13.1. The van der Waals surface area contributed by atoms with Crippen molar-refractivity contribution in [3.8, 4) is 0 Å². The van der Waals surface area contributed by atoms with E-state index < -0.39 is 16.1 Å². The molecule has 0 amide bonds. The summed E-state index contributed by atoms with van der Waals surface area (Å²) in [5.41, 5.74) is 0. The lowest BCUT2D eigenvalue weighted by molar-refractivity contribution is 0.514. The van der Waals surface area contributed by atoms with E-state index in [0.717, 1.165) is 26.2 Å². The third-order valence-corrected chi connectivity index (χ3v) is 12.9. The van der Waals surface area contributed by atoms with Crippen LogP contribution in [0.1, 0.15) is 27.7 Å². The lowest BCUT2D eigenvalue weighted by Crippen LogP contribution is -2.28. The highest BCUT2D eigenvalue weighted by Crippen LogP contribution is 2.40. The second kappa shape index (κ2) is 14.2. The number of hydrogen-bond donors (Lipinski definition) is 0. The first-order valence-electron chi connectivity index (χ1n) is 13.3. The van der Waals surface area contributed by atoms with Crippen molar-refractivity contribution in [2.24, 2.45) is 0 Å². The summed E-state index contributed by atoms with van der Waals surface area (Å²) in [4.78, 5) is 2.57. The molecule has 2 atom stereocenters. The predicted molar refractivity (Wildman–Crippen MR) is 168 cm³/mol. The first kappa shape index (κ1) is 28.0. The summed E-state index contributed by atoms with van der Waals surface area (Å²) in [7, 11) is -1.02. The highest BCUT2D eigenvalue weighted by atomic mass is 32.2. The average Bonchev–Trinajstić information content (AvgIpc) is 2.96. The lowest BCUT2D eigenvalue weighted by atomic mass is 10.4. The highest BCUT2D eigenvalue weighted by molar-refractivity contribution is 7.99. The Balaban J connectivity index is 1.53. The van der Waals surface area contributed by atoms with Crippen molar-refractivity contribution in [3.05, 3.63) is 109 Å². The van der Waals surface area contributed by atoms with Gasteiger partial charge in [0.15, 0.2) is 0 Å². The Morgan fingerprint density at radius 1 is 0.432 bits per heavy atom. The smallest absolute Gasteiger partial charge is 0.0281 e. The van der Waals surface area contributed by atoms with Crippen LogP contribution in [-0.4, -0.2) is 35.5 Å². The molecule has 0 aliphatic rings. The topological polar surface area (TPSA) is 6.48 Å². The summed E-state index contributed by atoms with van der Waals surface area (Å²) >= 11 is 1.85. The molecule has 0 fully saturated rings. The van der Waals surface area contributed by atoms with Crippen LogP contribution >= 0.6 is 27.9 Å². The van der Waals surface area contributed by atoms with E-state index in [4.69, 9.17) is 0 Å². The number of hydrogen-bond acceptors (Lipinski definition) is 3. The summed E-state index contributed by atoms with van der Waals surface area (Å²) in [5, 5.41) is 5.66. The van der Waals surface area contributed by atoms with Crippen LogP contribution < -0.4 is 21.2 Å². The molecule has 37 heavy (non-hydrogen) atoms. The second-order valence-corrected chi connectivity index (χ2v) is 14.3. The van der Waals surface area contributed by atoms with E-state index in [1.54, 1.807) is 0 Å². The fourth-order valence-electron chi connectivity index (χ4n) is 4.55. The van der Waals surface area contributed by atoms with E-state index in [-0.39, 0.29) is 0 Å². The van der Waals surface area contributed by atoms with Gasteiger partial charge in [0.2, 0.25) is 0 Å². The van der Waals surface area contributed by atoms with E-state index in [1.165, 1.54) is 31.0 Å². The summed E-state index contributed by atoms with van der Waals surface area (Å²) in [6.45, 7) is 13.3. The van der Waals surface area contributed by atoms with Crippen LogP contribution in [0.25, 0.3) is 0 Å². The monoisotopic (exact) mass is 544 g/mol. The predicted octanol–water partition coefficient (Wildman–Crippen LogP) is 7.22. The molecule has 5 heteroatoms. The summed E-state index contributed by atoms with van der Waals surface area (Å²) in [6, 6.07) is 40.5. The van der Waals surface area contributed by atoms with Gasteiger partial charge in [-0.15, -0.1) is 0 Å². The molecule has 192 valence electrons. The van der Waals surface area contributed by atoms with Crippen molar-refractivity contribution in [2.75, 3.05) is 26.2 Å². The third kappa shape index (κ3) is 7.11. The Kier molecular flexibility index (Phi) is 10.8. The van der Waals surface area contributed by atoms with Gasteiger partial charge in [0, 0.05) is 25.9 Å². The molecule has 4 aromatic carbocycles. The molecule has 0 aliphatic carbocycles. The van der Waals surface area contributed by atoms with Crippen LogP contribution in [0.3, 0.4) is 0 Å². The second-order valence-electron chi connectivity index (χ2n) is 8.66. The minimum atomic E-state index is -0.508. The Labute approximate surface area is 230 Å². The van der Waals surface area contributed by atoms with Gasteiger partial charge < -0.3 is 0 Å². The summed E-state index contributed by atoms with van der Waals surface area (Å²) < 4.78 is 5.18. The number of benzene rings is 4. The van der Waals surface area contributed by atoms with Crippen molar-refractivity contribution in [1.29, 1.82) is 0 Å². The molecule has 4 rings (SSSR count). The van der Waals surface area contributed by atoms with Crippen molar-refractivity contribution in [2.45, 2.75) is 37.5 Å². The van der Waals surface area contributed by atoms with Gasteiger partial charge in [-0.25, -0.2) is 0 Å². The maximum atomic E-state index is 2.59. The molecule has 2 unspecified atom stereocenters. The zero-order chi connectivity index (χ0) is 26.0. The van der Waals surface area contributed by atoms with Crippen LogP contribution in [0.5, 0.6) is 0 Å². The van der Waals surface area contributed by atoms with Gasteiger partial charge in [-0.05, 0) is 71.7 Å². The lowest BCUT2D eigenvalue weighted by Gasteiger charge is -2.30. The molecule has 0 saturated carbocycles. The van der Waals surface area contributed by atoms with Gasteiger partial charge in [0.05, 0.1) is 0 Å². The molecule has 2 nitrogen and oxygen atoms in total. The number of rotatable bonds is 12. The molecule has 0 bridgehead atoms. The highest BCUT2D eigenvalue weighted by Gasteiger charge is 2.21. The van der Waals surface area contributed by atoms with Crippen LogP contribution in [0, 0.1) is 0 Å². The molecule has 0 saturated heterocycles. The van der Waals surface area contributed by atoms with Gasteiger partial charge in [-0.3, -0.25) is 9.34 Å². The van der Waals surface area contributed by atoms with E-state index >= 15 is 0 Å². The maximum Gasteiger partial charge on any atom is 0.0281 e. The third-order valence-electron chi connectivity index (χ3n) is 6.43. The molecular weight excluding hydrogens is 506 g/mol. The van der Waals surface area contributed by atoms with Crippen LogP contribution in [0.2, 0.25) is 0 Å². The summed E-state index contributed by atoms with van der Waals surface area (Å²) in [5.74, 6) is 0. The van der Waals surface area contributed by atoms with Gasteiger partial charge in [0.1, 0.15) is 0 Å². The van der Waals surface area contributed by atoms with Gasteiger partial charge in [0.25, 0.3) is 0 Å². The van der Waals surface area contributed by atoms with Gasteiger partial charge in [-0.1, -0.05) is 124 Å². The average molecular weight is 545 g/mol. The SMILES string of the molecule is CCN(CC)P(c1ccccc1)c1ccc(Sc2ccc(P(c3ccccc3)N(CC)CC)cc2)cc1. The molecule has 0 N–H and O–H groups in total.